The first-order valence-electron chi connectivity index (χ1n) is 6.96. The zero-order valence-corrected chi connectivity index (χ0v) is 12.1. The number of carbonyl (C=O) groups is 2. The second-order valence-corrected chi connectivity index (χ2v) is 5.47. The van der Waals surface area contributed by atoms with Gasteiger partial charge in [0.1, 0.15) is 12.7 Å². The number of aliphatic hydroxyl groups excluding tert-OH is 4. The van der Waals surface area contributed by atoms with Crippen LogP contribution in [0.5, 0.6) is 0 Å². The van der Waals surface area contributed by atoms with E-state index in [9.17, 15) is 30.0 Å². The minimum atomic E-state index is -2.72. The van der Waals surface area contributed by atoms with Gasteiger partial charge in [-0.2, -0.15) is 0 Å². The van der Waals surface area contributed by atoms with Crippen LogP contribution in [-0.2, 0) is 14.3 Å². The third-order valence-corrected chi connectivity index (χ3v) is 3.86. The summed E-state index contributed by atoms with van der Waals surface area (Å²) in [5.41, 5.74) is 0. The van der Waals surface area contributed by atoms with Crippen LogP contribution < -0.4 is 0 Å². The van der Waals surface area contributed by atoms with E-state index in [-0.39, 0.29) is 12.8 Å². The lowest BCUT2D eigenvalue weighted by molar-refractivity contribution is -0.303. The summed E-state index contributed by atoms with van der Waals surface area (Å²) in [4.78, 5) is 22.5. The predicted octanol–water partition coefficient (Wildman–Crippen LogP) is -2.39. The lowest BCUT2D eigenvalue weighted by Crippen LogP contribution is -2.60. The Morgan fingerprint density at radius 1 is 1.36 bits per heavy atom. The number of carbonyl (C=O) groups excluding carboxylic acids is 1. The molecule has 0 radical (unpaired) electrons. The molecule has 1 saturated heterocycles. The van der Waals surface area contributed by atoms with Crippen LogP contribution in [0.4, 0.5) is 0 Å². The number of ether oxygens (including phenoxy) is 1. The standard InChI is InChI=1S/C13H22O9/c1-2-8(16)10(18)11-7(3-6(15)5-14)9(17)4-13(21,22-11)12(19)20/h7-11,14,16-18,21H,2-5H2,1H3,(H,19,20). The predicted molar refractivity (Wildman–Crippen MR) is 70.6 cm³/mol. The lowest BCUT2D eigenvalue weighted by Gasteiger charge is -2.44. The van der Waals surface area contributed by atoms with E-state index in [2.05, 4.69) is 0 Å². The molecule has 0 aromatic rings. The number of carboxylic acid groups (broad SMARTS) is 1. The first-order valence-corrected chi connectivity index (χ1v) is 6.96. The van der Waals surface area contributed by atoms with Crippen molar-refractivity contribution in [1.29, 1.82) is 0 Å². The minimum Gasteiger partial charge on any atom is -0.477 e. The summed E-state index contributed by atoms with van der Waals surface area (Å²) in [6.07, 6.45) is -6.81. The molecule has 0 aromatic carbocycles. The summed E-state index contributed by atoms with van der Waals surface area (Å²) in [7, 11) is 0. The van der Waals surface area contributed by atoms with Crippen molar-refractivity contribution in [1.82, 2.24) is 0 Å². The number of carboxylic acids is 1. The summed E-state index contributed by atoms with van der Waals surface area (Å²) in [5, 5.41) is 57.5. The summed E-state index contributed by atoms with van der Waals surface area (Å²) in [5.74, 6) is -6.18. The number of Topliss-reactive ketones (excluding diaryl/α,β-unsaturated/α-hetero) is 1. The van der Waals surface area contributed by atoms with E-state index in [0.717, 1.165) is 0 Å². The van der Waals surface area contributed by atoms with Crippen LogP contribution >= 0.6 is 0 Å². The fourth-order valence-electron chi connectivity index (χ4n) is 2.52. The number of ketones is 1. The molecule has 0 amide bonds. The fraction of sp³-hybridized carbons (Fsp3) is 0.846. The Balaban J connectivity index is 3.07. The molecule has 22 heavy (non-hydrogen) atoms. The van der Waals surface area contributed by atoms with Gasteiger partial charge in [0.05, 0.1) is 18.3 Å². The summed E-state index contributed by atoms with van der Waals surface area (Å²) in [6.45, 7) is 0.774. The normalized spacial score (nSPS) is 34.9. The van der Waals surface area contributed by atoms with E-state index >= 15 is 0 Å². The van der Waals surface area contributed by atoms with Gasteiger partial charge in [-0.05, 0) is 6.42 Å². The molecule has 0 spiro atoms. The molecule has 9 nitrogen and oxygen atoms in total. The third-order valence-electron chi connectivity index (χ3n) is 3.86. The molecule has 1 fully saturated rings. The molecule has 128 valence electrons. The monoisotopic (exact) mass is 322 g/mol. The van der Waals surface area contributed by atoms with Crippen LogP contribution in [0.25, 0.3) is 0 Å². The van der Waals surface area contributed by atoms with Gasteiger partial charge in [-0.25, -0.2) is 4.79 Å². The van der Waals surface area contributed by atoms with Crippen LogP contribution in [-0.4, -0.2) is 79.2 Å². The highest BCUT2D eigenvalue weighted by Crippen LogP contribution is 2.36. The Morgan fingerprint density at radius 2 is 1.95 bits per heavy atom. The van der Waals surface area contributed by atoms with Gasteiger partial charge in [-0.1, -0.05) is 6.92 Å². The zero-order valence-electron chi connectivity index (χ0n) is 12.1. The number of hydrogen-bond donors (Lipinski definition) is 6. The summed E-state index contributed by atoms with van der Waals surface area (Å²) < 4.78 is 5.00. The molecule has 0 aliphatic carbocycles. The average Bonchev–Trinajstić information content (AvgIpc) is 2.47. The molecule has 6 unspecified atom stereocenters. The van der Waals surface area contributed by atoms with Gasteiger partial charge in [-0.15, -0.1) is 0 Å². The Bertz CT molecular complexity index is 412. The largest absolute Gasteiger partial charge is 0.477 e. The molecular weight excluding hydrogens is 300 g/mol. The SMILES string of the molecule is CCC(O)C(O)C1OC(O)(C(=O)O)CC(O)C1CC(=O)CO. The van der Waals surface area contributed by atoms with E-state index in [4.69, 9.17) is 14.9 Å². The maximum atomic E-state index is 11.4. The molecule has 1 aliphatic rings. The Hall–Kier alpha value is -1.10. The summed E-state index contributed by atoms with van der Waals surface area (Å²) in [6, 6.07) is 0. The maximum absolute atomic E-state index is 11.4. The van der Waals surface area contributed by atoms with Crippen molar-refractivity contribution >= 4 is 11.8 Å². The van der Waals surface area contributed by atoms with Crippen LogP contribution in [0.1, 0.15) is 26.2 Å². The topological polar surface area (TPSA) is 165 Å². The van der Waals surface area contributed by atoms with Crippen molar-refractivity contribution in [2.75, 3.05) is 6.61 Å². The quantitative estimate of drug-likeness (QED) is 0.300. The van der Waals surface area contributed by atoms with Gasteiger partial charge >= 0.3 is 5.97 Å². The molecular formula is C13H22O9. The molecule has 6 atom stereocenters. The Morgan fingerprint density at radius 3 is 2.41 bits per heavy atom. The first-order chi connectivity index (χ1) is 10.2. The van der Waals surface area contributed by atoms with Crippen LogP contribution in [0, 0.1) is 5.92 Å². The zero-order chi connectivity index (χ0) is 17.1. The van der Waals surface area contributed by atoms with E-state index in [0.29, 0.717) is 0 Å². The Kier molecular flexibility index (Phi) is 6.41. The third kappa shape index (κ3) is 4.00. The van der Waals surface area contributed by atoms with Crippen molar-refractivity contribution in [3.8, 4) is 0 Å². The highest BCUT2D eigenvalue weighted by atomic mass is 16.7. The molecule has 9 heteroatoms. The average molecular weight is 322 g/mol. The van der Waals surface area contributed by atoms with Crippen molar-refractivity contribution in [2.45, 2.75) is 56.4 Å². The second-order valence-electron chi connectivity index (χ2n) is 5.47. The molecule has 0 bridgehead atoms. The number of hydrogen-bond acceptors (Lipinski definition) is 8. The van der Waals surface area contributed by atoms with Gasteiger partial charge in [0.15, 0.2) is 5.78 Å². The number of aliphatic hydroxyl groups is 5. The molecule has 6 N–H and O–H groups in total. The Labute approximate surface area is 126 Å². The van der Waals surface area contributed by atoms with E-state index < -0.39 is 60.9 Å². The van der Waals surface area contributed by atoms with Crippen molar-refractivity contribution < 1.29 is 45.0 Å². The minimum absolute atomic E-state index is 0.114. The molecule has 1 heterocycles. The van der Waals surface area contributed by atoms with E-state index in [1.165, 1.54) is 0 Å². The number of aliphatic carboxylic acids is 1. The maximum Gasteiger partial charge on any atom is 0.364 e. The van der Waals surface area contributed by atoms with Gasteiger partial charge in [0, 0.05) is 18.8 Å². The van der Waals surface area contributed by atoms with Crippen LogP contribution in [0.15, 0.2) is 0 Å². The van der Waals surface area contributed by atoms with Crippen LogP contribution in [0.3, 0.4) is 0 Å². The molecule has 0 aromatic heterocycles. The van der Waals surface area contributed by atoms with Crippen LogP contribution in [0.2, 0.25) is 0 Å². The van der Waals surface area contributed by atoms with E-state index in [1.807, 2.05) is 0 Å². The fourth-order valence-corrected chi connectivity index (χ4v) is 2.52. The highest BCUT2D eigenvalue weighted by molar-refractivity contribution is 5.80. The number of rotatable bonds is 7. The van der Waals surface area contributed by atoms with Gasteiger partial charge in [-0.3, -0.25) is 4.79 Å². The van der Waals surface area contributed by atoms with Crippen molar-refractivity contribution in [2.24, 2.45) is 5.92 Å². The van der Waals surface area contributed by atoms with Gasteiger partial charge < -0.3 is 35.4 Å². The molecule has 0 saturated carbocycles. The molecule has 1 aliphatic heterocycles. The summed E-state index contributed by atoms with van der Waals surface area (Å²) >= 11 is 0. The lowest BCUT2D eigenvalue weighted by atomic mass is 9.80. The molecule has 1 rings (SSSR count). The van der Waals surface area contributed by atoms with Crippen molar-refractivity contribution in [3.63, 3.8) is 0 Å². The van der Waals surface area contributed by atoms with E-state index in [1.54, 1.807) is 6.92 Å². The van der Waals surface area contributed by atoms with Gasteiger partial charge in [0.2, 0.25) is 0 Å². The second kappa shape index (κ2) is 7.44. The van der Waals surface area contributed by atoms with Crippen molar-refractivity contribution in [3.05, 3.63) is 0 Å². The smallest absolute Gasteiger partial charge is 0.364 e. The first kappa shape index (κ1) is 18.9. The van der Waals surface area contributed by atoms with Gasteiger partial charge in [0.25, 0.3) is 5.79 Å². The highest BCUT2D eigenvalue weighted by Gasteiger charge is 2.53.